The van der Waals surface area contributed by atoms with E-state index in [1.165, 1.54) is 0 Å². The van der Waals surface area contributed by atoms with Crippen LogP contribution in [0.4, 0.5) is 8.78 Å². The molecule has 3 aromatic carbocycles. The van der Waals surface area contributed by atoms with E-state index < -0.39 is 30.0 Å². The molecule has 168 valence electrons. The minimum Gasteiger partial charge on any atom is -0.488 e. The fraction of sp³-hybridized carbons (Fsp3) is 0.160. The lowest BCUT2D eigenvalue weighted by molar-refractivity contribution is 0.0470. The second-order valence-electron chi connectivity index (χ2n) is 7.42. The van der Waals surface area contributed by atoms with E-state index in [4.69, 9.17) is 14.0 Å². The normalized spacial score (nSPS) is 10.9. The van der Waals surface area contributed by atoms with Gasteiger partial charge in [-0.05, 0) is 55.0 Å². The Morgan fingerprint density at radius 2 is 1.70 bits per heavy atom. The molecule has 0 aliphatic heterocycles. The first-order valence-electron chi connectivity index (χ1n) is 10.1. The summed E-state index contributed by atoms with van der Waals surface area (Å²) in [5.74, 6) is -2.81. The molecule has 0 bridgehead atoms. The molecule has 0 aliphatic carbocycles. The molecule has 0 spiro atoms. The van der Waals surface area contributed by atoms with E-state index in [-0.39, 0.29) is 23.5 Å². The Morgan fingerprint density at radius 1 is 0.970 bits per heavy atom. The summed E-state index contributed by atoms with van der Waals surface area (Å²) in [6.45, 7) is 3.03. The third-order valence-corrected chi connectivity index (χ3v) is 5.20. The smallest absolute Gasteiger partial charge is 0.342 e. The Balaban J connectivity index is 1.56. The van der Waals surface area contributed by atoms with Crippen molar-refractivity contribution in [2.45, 2.75) is 20.5 Å². The highest BCUT2D eigenvalue weighted by atomic mass is 19.2. The van der Waals surface area contributed by atoms with E-state index in [1.54, 1.807) is 26.0 Å². The van der Waals surface area contributed by atoms with Crippen LogP contribution in [0.1, 0.15) is 37.7 Å². The Morgan fingerprint density at radius 3 is 2.36 bits per heavy atom. The lowest BCUT2D eigenvalue weighted by Crippen LogP contribution is -2.15. The quantitative estimate of drug-likeness (QED) is 0.279. The van der Waals surface area contributed by atoms with Crippen molar-refractivity contribution < 1.29 is 32.4 Å². The third kappa shape index (κ3) is 4.74. The average Bonchev–Trinajstić information content (AvgIpc) is 3.14. The zero-order valence-corrected chi connectivity index (χ0v) is 17.9. The molecule has 0 aliphatic rings. The van der Waals surface area contributed by atoms with Gasteiger partial charge in [-0.25, -0.2) is 13.6 Å². The topological polar surface area (TPSA) is 78.6 Å². The fourth-order valence-corrected chi connectivity index (χ4v) is 3.32. The maximum Gasteiger partial charge on any atom is 0.342 e. The number of esters is 1. The first-order chi connectivity index (χ1) is 15.8. The average molecular weight is 451 g/mol. The number of Topliss-reactive ketones (excluding diaryl/α,β-unsaturated/α-hetero) is 1. The Labute approximate surface area is 187 Å². The van der Waals surface area contributed by atoms with Gasteiger partial charge in [-0.2, -0.15) is 0 Å². The highest BCUT2D eigenvalue weighted by Gasteiger charge is 2.19. The van der Waals surface area contributed by atoms with Crippen LogP contribution in [0.5, 0.6) is 5.75 Å². The zero-order chi connectivity index (χ0) is 23.5. The lowest BCUT2D eigenvalue weighted by Gasteiger charge is -2.13. The Bertz CT molecular complexity index is 1340. The van der Waals surface area contributed by atoms with E-state index in [0.717, 1.165) is 34.5 Å². The van der Waals surface area contributed by atoms with Gasteiger partial charge in [0.2, 0.25) is 0 Å². The molecule has 8 heteroatoms. The zero-order valence-electron chi connectivity index (χ0n) is 17.9. The molecule has 0 atom stereocenters. The van der Waals surface area contributed by atoms with Crippen molar-refractivity contribution in [1.29, 1.82) is 0 Å². The maximum absolute atomic E-state index is 13.4. The van der Waals surface area contributed by atoms with E-state index in [1.807, 2.05) is 24.3 Å². The molecule has 4 rings (SSSR count). The van der Waals surface area contributed by atoms with Crippen LogP contribution < -0.4 is 4.74 Å². The number of fused-ring (bicyclic) bond motifs is 1. The summed E-state index contributed by atoms with van der Waals surface area (Å²) in [7, 11) is 0. The number of carbonyl (C=O) groups excluding carboxylic acids is 2. The fourth-order valence-electron chi connectivity index (χ4n) is 3.32. The van der Waals surface area contributed by atoms with Gasteiger partial charge in [0.25, 0.3) is 0 Å². The first kappa shape index (κ1) is 22.1. The molecule has 1 heterocycles. The van der Waals surface area contributed by atoms with Gasteiger partial charge in [-0.3, -0.25) is 4.79 Å². The number of ether oxygens (including phenoxy) is 2. The number of halogens is 2. The number of carbonyl (C=O) groups is 2. The summed E-state index contributed by atoms with van der Waals surface area (Å²) in [6.07, 6.45) is 0. The minimum absolute atomic E-state index is 0.102. The largest absolute Gasteiger partial charge is 0.488 e. The van der Waals surface area contributed by atoms with Gasteiger partial charge in [0.1, 0.15) is 23.7 Å². The Hall–Kier alpha value is -4.07. The number of ketones is 1. The van der Waals surface area contributed by atoms with E-state index in [9.17, 15) is 18.4 Å². The van der Waals surface area contributed by atoms with Gasteiger partial charge in [-0.15, -0.1) is 0 Å². The molecule has 0 unspecified atom stereocenters. The van der Waals surface area contributed by atoms with Crippen molar-refractivity contribution in [3.05, 3.63) is 94.4 Å². The molecule has 0 radical (unpaired) electrons. The molecule has 0 amide bonds. The Kier molecular flexibility index (Phi) is 6.17. The van der Waals surface area contributed by atoms with E-state index in [2.05, 4.69) is 5.16 Å². The standard InChI is InChI=1S/C25H19F2NO5/c1-14-20(15(2)33-28-14)12-31-24-11-17-6-4-3-5-16(17)9-19(24)25(30)32-13-23(29)18-7-8-21(26)22(27)10-18/h3-11H,12-13H2,1-2H3. The molecular formula is C25H19F2NO5. The van der Waals surface area contributed by atoms with Crippen LogP contribution in [0.15, 0.2) is 59.1 Å². The summed E-state index contributed by atoms with van der Waals surface area (Å²) in [5.41, 5.74) is 1.46. The van der Waals surface area contributed by atoms with Gasteiger partial charge in [0, 0.05) is 5.56 Å². The predicted octanol–water partition coefficient (Wildman–Crippen LogP) is 5.34. The third-order valence-electron chi connectivity index (χ3n) is 5.20. The van der Waals surface area contributed by atoms with Crippen LogP contribution in [0.2, 0.25) is 0 Å². The highest BCUT2D eigenvalue weighted by Crippen LogP contribution is 2.28. The van der Waals surface area contributed by atoms with Crippen LogP contribution in [0.25, 0.3) is 10.8 Å². The van der Waals surface area contributed by atoms with Crippen molar-refractivity contribution in [3.8, 4) is 5.75 Å². The molecule has 0 fully saturated rings. The number of aryl methyl sites for hydroxylation is 2. The lowest BCUT2D eigenvalue weighted by atomic mass is 10.1. The number of nitrogens with zero attached hydrogens (tertiary/aromatic N) is 1. The summed E-state index contributed by atoms with van der Waals surface area (Å²) < 4.78 is 42.7. The van der Waals surface area contributed by atoms with Gasteiger partial charge < -0.3 is 14.0 Å². The number of benzene rings is 3. The SMILES string of the molecule is Cc1noc(C)c1COc1cc2ccccc2cc1C(=O)OCC(=O)c1ccc(F)c(F)c1. The number of rotatable bonds is 7. The predicted molar refractivity (Wildman–Crippen MR) is 115 cm³/mol. The van der Waals surface area contributed by atoms with Crippen molar-refractivity contribution in [1.82, 2.24) is 5.16 Å². The molecule has 4 aromatic rings. The summed E-state index contributed by atoms with van der Waals surface area (Å²) in [4.78, 5) is 25.1. The molecule has 0 saturated carbocycles. The summed E-state index contributed by atoms with van der Waals surface area (Å²) in [5, 5.41) is 5.52. The van der Waals surface area contributed by atoms with Gasteiger partial charge in [0.15, 0.2) is 24.0 Å². The van der Waals surface area contributed by atoms with Crippen LogP contribution in [0, 0.1) is 25.5 Å². The molecule has 0 saturated heterocycles. The van der Waals surface area contributed by atoms with Crippen LogP contribution >= 0.6 is 0 Å². The van der Waals surface area contributed by atoms with E-state index in [0.29, 0.717) is 11.5 Å². The van der Waals surface area contributed by atoms with Crippen LogP contribution in [-0.4, -0.2) is 23.5 Å². The van der Waals surface area contributed by atoms with Crippen LogP contribution in [-0.2, 0) is 11.3 Å². The molecule has 33 heavy (non-hydrogen) atoms. The molecular weight excluding hydrogens is 432 g/mol. The first-order valence-corrected chi connectivity index (χ1v) is 10.1. The molecule has 1 aromatic heterocycles. The number of hydrogen-bond donors (Lipinski definition) is 0. The van der Waals surface area contributed by atoms with Crippen molar-refractivity contribution in [3.63, 3.8) is 0 Å². The number of aromatic nitrogens is 1. The second kappa shape index (κ2) is 9.20. The van der Waals surface area contributed by atoms with Crippen molar-refractivity contribution >= 4 is 22.5 Å². The highest BCUT2D eigenvalue weighted by molar-refractivity contribution is 6.02. The maximum atomic E-state index is 13.4. The van der Waals surface area contributed by atoms with Gasteiger partial charge >= 0.3 is 5.97 Å². The monoisotopic (exact) mass is 451 g/mol. The van der Waals surface area contributed by atoms with Gasteiger partial charge in [0.05, 0.1) is 11.3 Å². The summed E-state index contributed by atoms with van der Waals surface area (Å²) >= 11 is 0. The van der Waals surface area contributed by atoms with Gasteiger partial charge in [-0.1, -0.05) is 29.4 Å². The molecule has 0 N–H and O–H groups in total. The number of hydrogen-bond acceptors (Lipinski definition) is 6. The van der Waals surface area contributed by atoms with Crippen molar-refractivity contribution in [2.24, 2.45) is 0 Å². The molecule has 6 nitrogen and oxygen atoms in total. The van der Waals surface area contributed by atoms with Crippen LogP contribution in [0.3, 0.4) is 0 Å². The summed E-state index contributed by atoms with van der Waals surface area (Å²) in [6, 6.07) is 13.4. The van der Waals surface area contributed by atoms with Crippen molar-refractivity contribution in [2.75, 3.05) is 6.61 Å². The second-order valence-corrected chi connectivity index (χ2v) is 7.42. The van der Waals surface area contributed by atoms with E-state index >= 15 is 0 Å². The minimum atomic E-state index is -1.16.